The van der Waals surface area contributed by atoms with Gasteiger partial charge in [-0.1, -0.05) is 6.07 Å². The van der Waals surface area contributed by atoms with Crippen LogP contribution in [0.15, 0.2) is 30.5 Å². The van der Waals surface area contributed by atoms with Gasteiger partial charge < -0.3 is 5.32 Å². The molecule has 0 amide bonds. The Bertz CT molecular complexity index is 509. The molecule has 1 aromatic carbocycles. The SMILES string of the molecule is Cc1nccc(CNc2c(F)cccc2F)n1. The Morgan fingerprint density at radius 2 is 1.88 bits per heavy atom. The highest BCUT2D eigenvalue weighted by atomic mass is 19.1. The van der Waals surface area contributed by atoms with Gasteiger partial charge in [0, 0.05) is 6.20 Å². The van der Waals surface area contributed by atoms with Crippen LogP contribution >= 0.6 is 0 Å². The molecule has 1 heterocycles. The highest BCUT2D eigenvalue weighted by Crippen LogP contribution is 2.18. The lowest BCUT2D eigenvalue weighted by atomic mass is 10.3. The highest BCUT2D eigenvalue weighted by molar-refractivity contribution is 5.46. The lowest BCUT2D eigenvalue weighted by molar-refractivity contribution is 0.588. The Labute approximate surface area is 97.5 Å². The van der Waals surface area contributed by atoms with Crippen LogP contribution in [0.4, 0.5) is 14.5 Å². The van der Waals surface area contributed by atoms with Gasteiger partial charge in [0.25, 0.3) is 0 Å². The molecule has 0 bridgehead atoms. The molecule has 5 heteroatoms. The zero-order valence-electron chi connectivity index (χ0n) is 9.24. The lowest BCUT2D eigenvalue weighted by Gasteiger charge is -2.08. The first-order valence-electron chi connectivity index (χ1n) is 5.13. The zero-order valence-corrected chi connectivity index (χ0v) is 9.24. The van der Waals surface area contributed by atoms with Crippen molar-refractivity contribution in [1.29, 1.82) is 0 Å². The van der Waals surface area contributed by atoms with Gasteiger partial charge in [0.2, 0.25) is 0 Å². The van der Waals surface area contributed by atoms with Crippen LogP contribution < -0.4 is 5.32 Å². The highest BCUT2D eigenvalue weighted by Gasteiger charge is 2.07. The molecule has 0 radical (unpaired) electrons. The van der Waals surface area contributed by atoms with Gasteiger partial charge in [-0.3, -0.25) is 0 Å². The molecule has 2 rings (SSSR count). The first-order chi connectivity index (χ1) is 8.16. The van der Waals surface area contributed by atoms with E-state index in [9.17, 15) is 8.78 Å². The summed E-state index contributed by atoms with van der Waals surface area (Å²) in [6.45, 7) is 2.01. The first-order valence-corrected chi connectivity index (χ1v) is 5.13. The minimum atomic E-state index is -0.615. The number of aryl methyl sites for hydroxylation is 1. The average Bonchev–Trinajstić information content (AvgIpc) is 2.28. The Morgan fingerprint density at radius 1 is 1.18 bits per heavy atom. The van der Waals surface area contributed by atoms with Gasteiger partial charge in [-0.05, 0) is 25.1 Å². The van der Waals surface area contributed by atoms with E-state index in [2.05, 4.69) is 15.3 Å². The van der Waals surface area contributed by atoms with Gasteiger partial charge in [-0.15, -0.1) is 0 Å². The standard InChI is InChI=1S/C12H11F2N3/c1-8-15-6-5-9(17-8)7-16-12-10(13)3-2-4-11(12)14/h2-6,16H,7H2,1H3. The maximum Gasteiger partial charge on any atom is 0.149 e. The predicted molar refractivity (Wildman–Crippen MR) is 60.5 cm³/mol. The second-order valence-corrected chi connectivity index (χ2v) is 3.55. The van der Waals surface area contributed by atoms with E-state index in [-0.39, 0.29) is 12.2 Å². The summed E-state index contributed by atoms with van der Waals surface area (Å²) >= 11 is 0. The molecule has 17 heavy (non-hydrogen) atoms. The van der Waals surface area contributed by atoms with Crippen LogP contribution in [-0.4, -0.2) is 9.97 Å². The minimum Gasteiger partial charge on any atom is -0.375 e. The third kappa shape index (κ3) is 2.75. The lowest BCUT2D eigenvalue weighted by Crippen LogP contribution is -2.06. The monoisotopic (exact) mass is 235 g/mol. The maximum absolute atomic E-state index is 13.3. The van der Waals surface area contributed by atoms with E-state index in [0.29, 0.717) is 11.5 Å². The van der Waals surface area contributed by atoms with E-state index in [1.165, 1.54) is 18.2 Å². The maximum atomic E-state index is 13.3. The summed E-state index contributed by atoms with van der Waals surface area (Å²) in [4.78, 5) is 8.07. The van der Waals surface area contributed by atoms with Crippen LogP contribution in [0.1, 0.15) is 11.5 Å². The van der Waals surface area contributed by atoms with Crippen molar-refractivity contribution in [2.45, 2.75) is 13.5 Å². The van der Waals surface area contributed by atoms with Crippen molar-refractivity contribution in [3.63, 3.8) is 0 Å². The number of hydrogen-bond donors (Lipinski definition) is 1. The number of para-hydroxylation sites is 1. The number of hydrogen-bond acceptors (Lipinski definition) is 3. The van der Waals surface area contributed by atoms with Crippen LogP contribution in [-0.2, 0) is 6.54 Å². The van der Waals surface area contributed by atoms with E-state index < -0.39 is 11.6 Å². The fourth-order valence-electron chi connectivity index (χ4n) is 1.45. The number of halogens is 2. The molecule has 1 N–H and O–H groups in total. The molecule has 0 aliphatic rings. The van der Waals surface area contributed by atoms with Crippen molar-refractivity contribution in [1.82, 2.24) is 9.97 Å². The molecule has 0 atom stereocenters. The fourth-order valence-corrected chi connectivity index (χ4v) is 1.45. The molecule has 1 aromatic heterocycles. The number of benzene rings is 1. The van der Waals surface area contributed by atoms with Crippen molar-refractivity contribution in [3.05, 3.63) is 53.6 Å². The predicted octanol–water partition coefficient (Wildman–Crippen LogP) is 2.68. The van der Waals surface area contributed by atoms with Crippen molar-refractivity contribution in [2.75, 3.05) is 5.32 Å². The molecular weight excluding hydrogens is 224 g/mol. The van der Waals surface area contributed by atoms with Gasteiger partial charge in [0.1, 0.15) is 23.1 Å². The van der Waals surface area contributed by atoms with E-state index in [0.717, 1.165) is 0 Å². The molecule has 0 aliphatic carbocycles. The second-order valence-electron chi connectivity index (χ2n) is 3.55. The fraction of sp³-hybridized carbons (Fsp3) is 0.167. The van der Waals surface area contributed by atoms with Crippen LogP contribution in [0.3, 0.4) is 0 Å². The van der Waals surface area contributed by atoms with E-state index >= 15 is 0 Å². The van der Waals surface area contributed by atoms with Crippen LogP contribution in [0.25, 0.3) is 0 Å². The molecule has 88 valence electrons. The quantitative estimate of drug-likeness (QED) is 0.888. The van der Waals surface area contributed by atoms with Gasteiger partial charge in [-0.2, -0.15) is 0 Å². The van der Waals surface area contributed by atoms with Crippen molar-refractivity contribution >= 4 is 5.69 Å². The van der Waals surface area contributed by atoms with E-state index in [1.807, 2.05) is 0 Å². The summed E-state index contributed by atoms with van der Waals surface area (Å²) in [7, 11) is 0. The van der Waals surface area contributed by atoms with Crippen molar-refractivity contribution < 1.29 is 8.78 Å². The molecule has 0 saturated carbocycles. The van der Waals surface area contributed by atoms with Crippen molar-refractivity contribution in [2.24, 2.45) is 0 Å². The van der Waals surface area contributed by atoms with Crippen LogP contribution in [0, 0.1) is 18.6 Å². The Kier molecular flexibility index (Phi) is 3.27. The average molecular weight is 235 g/mol. The summed E-state index contributed by atoms with van der Waals surface area (Å²) in [5.41, 5.74) is 0.545. The topological polar surface area (TPSA) is 37.8 Å². The number of rotatable bonds is 3. The smallest absolute Gasteiger partial charge is 0.149 e. The summed E-state index contributed by atoms with van der Waals surface area (Å²) in [5.74, 6) is -0.607. The number of aromatic nitrogens is 2. The van der Waals surface area contributed by atoms with E-state index in [1.54, 1.807) is 19.2 Å². The molecule has 0 saturated heterocycles. The summed E-state index contributed by atoms with van der Waals surface area (Å²) in [5, 5.41) is 2.68. The largest absolute Gasteiger partial charge is 0.375 e. The van der Waals surface area contributed by atoms with E-state index in [4.69, 9.17) is 0 Å². The number of anilines is 1. The summed E-state index contributed by atoms with van der Waals surface area (Å²) < 4.78 is 26.6. The Hall–Kier alpha value is -2.04. The first kappa shape index (κ1) is 11.4. The Morgan fingerprint density at radius 3 is 2.53 bits per heavy atom. The van der Waals surface area contributed by atoms with Gasteiger partial charge in [0.15, 0.2) is 0 Å². The Balaban J connectivity index is 2.13. The molecule has 3 nitrogen and oxygen atoms in total. The summed E-state index contributed by atoms with van der Waals surface area (Å²) in [6, 6.07) is 5.43. The molecular formula is C12H11F2N3. The number of nitrogens with one attached hydrogen (secondary N) is 1. The third-order valence-corrected chi connectivity index (χ3v) is 2.24. The van der Waals surface area contributed by atoms with Crippen LogP contribution in [0.5, 0.6) is 0 Å². The molecule has 0 spiro atoms. The molecule has 0 fully saturated rings. The second kappa shape index (κ2) is 4.86. The zero-order chi connectivity index (χ0) is 12.3. The van der Waals surface area contributed by atoms with Crippen LogP contribution in [0.2, 0.25) is 0 Å². The third-order valence-electron chi connectivity index (χ3n) is 2.24. The molecule has 0 unspecified atom stereocenters. The van der Waals surface area contributed by atoms with Gasteiger partial charge in [0.05, 0.1) is 12.2 Å². The molecule has 0 aliphatic heterocycles. The van der Waals surface area contributed by atoms with Gasteiger partial charge in [-0.25, -0.2) is 18.7 Å². The van der Waals surface area contributed by atoms with Crippen molar-refractivity contribution in [3.8, 4) is 0 Å². The van der Waals surface area contributed by atoms with Gasteiger partial charge >= 0.3 is 0 Å². The normalized spacial score (nSPS) is 10.3. The summed E-state index contributed by atoms with van der Waals surface area (Å²) in [6.07, 6.45) is 1.61. The molecule has 2 aromatic rings. The minimum absolute atomic E-state index is 0.135. The number of nitrogens with zero attached hydrogens (tertiary/aromatic N) is 2.